The molecule has 0 fully saturated rings. The number of amides is 1. The molecule has 0 saturated heterocycles. The number of nitrogens with zero attached hydrogens (tertiary/aromatic N) is 1. The maximum absolute atomic E-state index is 10.6. The van der Waals surface area contributed by atoms with Gasteiger partial charge in [0.2, 0.25) is 6.41 Å². The van der Waals surface area contributed by atoms with Crippen LogP contribution in [0, 0.1) is 0 Å². The van der Waals surface area contributed by atoms with E-state index in [1.165, 1.54) is 11.3 Å². The maximum atomic E-state index is 10.6. The molecule has 0 saturated carbocycles. The molecule has 1 amide bonds. The second-order valence-corrected chi connectivity index (χ2v) is 2.92. The molecule has 13 heavy (non-hydrogen) atoms. The summed E-state index contributed by atoms with van der Waals surface area (Å²) in [6.45, 7) is 2.15. The normalized spacial score (nSPS) is 9.62. The van der Waals surface area contributed by atoms with Crippen molar-refractivity contribution < 1.29 is 14.4 Å². The maximum Gasteiger partial charge on any atom is 0.238 e. The summed E-state index contributed by atoms with van der Waals surface area (Å²) in [5.74, 6) is 0. The lowest BCUT2D eigenvalue weighted by atomic mass is 10.3. The van der Waals surface area contributed by atoms with Crippen molar-refractivity contribution in [3.05, 3.63) is 16.3 Å². The number of hydroxylamine groups is 1. The molecule has 0 unspecified atom stereocenters. The van der Waals surface area contributed by atoms with Crippen LogP contribution in [0.1, 0.15) is 17.3 Å². The zero-order valence-electron chi connectivity index (χ0n) is 7.10. The fraction of sp³-hybridized carbons (Fsp3) is 0.250. The van der Waals surface area contributed by atoms with Gasteiger partial charge in [0, 0.05) is 10.8 Å². The Labute approximate surface area is 79.7 Å². The lowest BCUT2D eigenvalue weighted by molar-refractivity contribution is -0.113. The minimum Gasteiger partial charge on any atom is -0.298 e. The van der Waals surface area contributed by atoms with Crippen LogP contribution in [-0.2, 0) is 9.63 Å². The largest absolute Gasteiger partial charge is 0.298 e. The van der Waals surface area contributed by atoms with Gasteiger partial charge in [0.15, 0.2) is 6.29 Å². The van der Waals surface area contributed by atoms with E-state index in [0.29, 0.717) is 30.6 Å². The van der Waals surface area contributed by atoms with Crippen molar-refractivity contribution in [2.45, 2.75) is 6.92 Å². The second kappa shape index (κ2) is 4.74. The molecule has 1 aromatic rings. The van der Waals surface area contributed by atoms with Crippen molar-refractivity contribution in [2.75, 3.05) is 11.7 Å². The Morgan fingerprint density at radius 2 is 2.31 bits per heavy atom. The molecule has 70 valence electrons. The highest BCUT2D eigenvalue weighted by atomic mass is 32.1. The van der Waals surface area contributed by atoms with E-state index in [2.05, 4.69) is 0 Å². The third-order valence-electron chi connectivity index (χ3n) is 1.40. The number of anilines is 1. The van der Waals surface area contributed by atoms with Crippen LogP contribution in [0.3, 0.4) is 0 Å². The van der Waals surface area contributed by atoms with Gasteiger partial charge in [-0.25, -0.2) is 0 Å². The lowest BCUT2D eigenvalue weighted by Gasteiger charge is -2.14. The standard InChI is InChI=1S/C8H9NO3S/c1-2-12-9(6-11)8-5-13-4-7(8)3-10/h3-6H,2H2,1H3. The first-order valence-corrected chi connectivity index (χ1v) is 4.66. The summed E-state index contributed by atoms with van der Waals surface area (Å²) in [6, 6.07) is 0. The van der Waals surface area contributed by atoms with Crippen LogP contribution >= 0.6 is 11.3 Å². The quantitative estimate of drug-likeness (QED) is 0.533. The van der Waals surface area contributed by atoms with Crippen LogP contribution in [0.5, 0.6) is 0 Å². The molecule has 0 aliphatic carbocycles. The van der Waals surface area contributed by atoms with Gasteiger partial charge in [-0.15, -0.1) is 11.3 Å². The van der Waals surface area contributed by atoms with Crippen molar-refractivity contribution in [1.82, 2.24) is 0 Å². The van der Waals surface area contributed by atoms with Crippen LogP contribution in [0.25, 0.3) is 0 Å². The fourth-order valence-corrected chi connectivity index (χ4v) is 1.62. The van der Waals surface area contributed by atoms with Crippen molar-refractivity contribution in [2.24, 2.45) is 0 Å². The van der Waals surface area contributed by atoms with E-state index < -0.39 is 0 Å². The summed E-state index contributed by atoms with van der Waals surface area (Å²) in [5, 5.41) is 4.41. The Morgan fingerprint density at radius 1 is 1.54 bits per heavy atom. The molecule has 5 heteroatoms. The average molecular weight is 199 g/mol. The van der Waals surface area contributed by atoms with Gasteiger partial charge in [-0.1, -0.05) is 0 Å². The molecule has 0 atom stereocenters. The van der Waals surface area contributed by atoms with Crippen LogP contribution in [0.15, 0.2) is 10.8 Å². The van der Waals surface area contributed by atoms with Crippen LogP contribution in [0.4, 0.5) is 5.69 Å². The van der Waals surface area contributed by atoms with E-state index in [0.717, 1.165) is 5.06 Å². The van der Waals surface area contributed by atoms with Crippen LogP contribution in [0.2, 0.25) is 0 Å². The summed E-state index contributed by atoms with van der Waals surface area (Å²) in [5.41, 5.74) is 0.961. The van der Waals surface area contributed by atoms with Crippen molar-refractivity contribution in [3.8, 4) is 0 Å². The topological polar surface area (TPSA) is 46.6 Å². The molecular formula is C8H9NO3S. The number of aldehydes is 1. The van der Waals surface area contributed by atoms with Gasteiger partial charge in [0.25, 0.3) is 0 Å². The third kappa shape index (κ3) is 2.13. The number of carbonyl (C=O) groups is 2. The first-order valence-electron chi connectivity index (χ1n) is 3.72. The SMILES string of the molecule is CCON(C=O)c1cscc1C=O. The number of thiophene rings is 1. The first kappa shape index (κ1) is 9.88. The van der Waals surface area contributed by atoms with Crippen LogP contribution in [-0.4, -0.2) is 19.3 Å². The monoisotopic (exact) mass is 199 g/mol. The molecule has 0 N–H and O–H groups in total. The molecule has 0 radical (unpaired) electrons. The number of hydrogen-bond donors (Lipinski definition) is 0. The Morgan fingerprint density at radius 3 is 2.85 bits per heavy atom. The van der Waals surface area contributed by atoms with Crippen molar-refractivity contribution in [3.63, 3.8) is 0 Å². The molecule has 0 aliphatic heterocycles. The van der Waals surface area contributed by atoms with Crippen LogP contribution < -0.4 is 5.06 Å². The summed E-state index contributed by atoms with van der Waals surface area (Å²) >= 11 is 1.35. The third-order valence-corrected chi connectivity index (χ3v) is 2.15. The van der Waals surface area contributed by atoms with Crippen molar-refractivity contribution in [1.29, 1.82) is 0 Å². The predicted octanol–water partition coefficient (Wildman–Crippen LogP) is 1.47. The molecule has 1 rings (SSSR count). The van der Waals surface area contributed by atoms with Gasteiger partial charge in [0.1, 0.15) is 0 Å². The highest BCUT2D eigenvalue weighted by Crippen LogP contribution is 2.22. The number of carbonyl (C=O) groups excluding carboxylic acids is 2. The zero-order valence-corrected chi connectivity index (χ0v) is 7.91. The van der Waals surface area contributed by atoms with E-state index in [1.807, 2.05) is 0 Å². The Hall–Kier alpha value is -1.20. The first-order chi connectivity index (χ1) is 6.33. The van der Waals surface area contributed by atoms with E-state index in [-0.39, 0.29) is 0 Å². The van der Waals surface area contributed by atoms with Gasteiger partial charge in [-0.3, -0.25) is 14.4 Å². The van der Waals surface area contributed by atoms with Crippen molar-refractivity contribution >= 4 is 29.7 Å². The molecule has 0 aromatic carbocycles. The van der Waals surface area contributed by atoms with E-state index in [1.54, 1.807) is 17.7 Å². The Bertz CT molecular complexity index is 297. The fourth-order valence-electron chi connectivity index (χ4n) is 0.863. The Kier molecular flexibility index (Phi) is 3.60. The molecule has 1 aromatic heterocycles. The summed E-state index contributed by atoms with van der Waals surface area (Å²) in [7, 11) is 0. The molecular weight excluding hydrogens is 190 g/mol. The molecule has 0 spiro atoms. The highest BCUT2D eigenvalue weighted by Gasteiger charge is 2.10. The predicted molar refractivity (Wildman–Crippen MR) is 49.9 cm³/mol. The molecule has 4 nitrogen and oxygen atoms in total. The van der Waals surface area contributed by atoms with Gasteiger partial charge < -0.3 is 0 Å². The minimum absolute atomic E-state index is 0.382. The molecule has 0 bridgehead atoms. The minimum atomic E-state index is 0.382. The van der Waals surface area contributed by atoms with Gasteiger partial charge in [-0.05, 0) is 6.92 Å². The summed E-state index contributed by atoms with van der Waals surface area (Å²) in [6.07, 6.45) is 1.24. The molecule has 0 aliphatic rings. The zero-order chi connectivity index (χ0) is 9.68. The smallest absolute Gasteiger partial charge is 0.238 e. The Balaban J connectivity index is 2.89. The molecule has 1 heterocycles. The van der Waals surface area contributed by atoms with Gasteiger partial charge >= 0.3 is 0 Å². The van der Waals surface area contributed by atoms with Gasteiger partial charge in [-0.2, -0.15) is 5.06 Å². The highest BCUT2D eigenvalue weighted by molar-refractivity contribution is 7.08. The van der Waals surface area contributed by atoms with E-state index in [9.17, 15) is 9.59 Å². The van der Waals surface area contributed by atoms with Gasteiger partial charge in [0.05, 0.1) is 17.9 Å². The lowest BCUT2D eigenvalue weighted by Crippen LogP contribution is -2.21. The second-order valence-electron chi connectivity index (χ2n) is 2.18. The summed E-state index contributed by atoms with van der Waals surface area (Å²) < 4.78 is 0. The van der Waals surface area contributed by atoms with E-state index >= 15 is 0 Å². The number of rotatable bonds is 5. The summed E-state index contributed by atoms with van der Waals surface area (Å²) in [4.78, 5) is 26.1. The number of hydrogen-bond acceptors (Lipinski definition) is 4. The van der Waals surface area contributed by atoms with E-state index in [4.69, 9.17) is 4.84 Å². The average Bonchev–Trinajstić information content (AvgIpc) is 2.61.